The van der Waals surface area contributed by atoms with Crippen LogP contribution in [0.4, 0.5) is 19.0 Å². The molecule has 0 radical (unpaired) electrons. The van der Waals surface area contributed by atoms with Crippen molar-refractivity contribution >= 4 is 58.7 Å². The van der Waals surface area contributed by atoms with Crippen molar-refractivity contribution in [3.63, 3.8) is 0 Å². The monoisotopic (exact) mass is 754 g/mol. The Morgan fingerprint density at radius 1 is 1.04 bits per heavy atom. The van der Waals surface area contributed by atoms with Gasteiger partial charge in [-0.1, -0.05) is 65.2 Å². The van der Waals surface area contributed by atoms with Gasteiger partial charge in [-0.2, -0.15) is 18.2 Å². The van der Waals surface area contributed by atoms with E-state index in [-0.39, 0.29) is 48.5 Å². The Kier molecular flexibility index (Phi) is 8.85. The molecular formula is C37H31Cl2F3N4O6. The molecule has 3 fully saturated rings. The maximum atomic E-state index is 15.1. The number of aromatic nitrogens is 1. The maximum Gasteiger partial charge on any atom is 0.417 e. The molecule has 2 aromatic carbocycles. The van der Waals surface area contributed by atoms with Crippen molar-refractivity contribution in [2.24, 2.45) is 29.6 Å². The summed E-state index contributed by atoms with van der Waals surface area (Å²) in [6.45, 7) is 1.90. The molecule has 3 heterocycles. The Balaban J connectivity index is 1.41. The molecule has 2 N–H and O–H groups in total. The number of fused-ring (bicyclic) bond motifs is 4. The van der Waals surface area contributed by atoms with Gasteiger partial charge in [-0.15, -0.1) is 0 Å². The summed E-state index contributed by atoms with van der Waals surface area (Å²) < 4.78 is 45.5. The predicted octanol–water partition coefficient (Wildman–Crippen LogP) is 6.67. The van der Waals surface area contributed by atoms with Crippen LogP contribution in [0, 0.1) is 29.6 Å². The van der Waals surface area contributed by atoms with E-state index < -0.39 is 63.6 Å². The number of hydrazine groups is 1. The molecule has 52 heavy (non-hydrogen) atoms. The standard InChI is InChI=1S/C37H31Cl2F3N4O6/c1-3-45-32(48)23-11-10-22-24(30(23)34(45)50)16-26-33(49)46(44-31-27(39)15-20(17-43-31)37(40,41)42)35(51)36(26,19-6-8-21(38)9-7-19)25(22)12-4-18-5-13-28(47)29(14-18)52-2/h4-10,12-15,17,23-26,30,47H,3,11,16H2,1-2H3,(H,43,44). The van der Waals surface area contributed by atoms with Crippen LogP contribution in [0.1, 0.15) is 36.5 Å². The molecule has 2 aliphatic carbocycles. The third-order valence-electron chi connectivity index (χ3n) is 10.7. The van der Waals surface area contributed by atoms with Crippen LogP contribution in [0.2, 0.25) is 10.0 Å². The zero-order chi connectivity index (χ0) is 37.3. The van der Waals surface area contributed by atoms with E-state index in [4.69, 9.17) is 27.9 Å². The third kappa shape index (κ3) is 5.44. The number of hydrogen-bond donors (Lipinski definition) is 2. The molecule has 2 saturated heterocycles. The van der Waals surface area contributed by atoms with Crippen LogP contribution in [0.3, 0.4) is 0 Å². The van der Waals surface area contributed by atoms with Gasteiger partial charge in [-0.3, -0.25) is 29.5 Å². The van der Waals surface area contributed by atoms with Crippen molar-refractivity contribution in [3.8, 4) is 11.5 Å². The normalized spacial score (nSPS) is 27.1. The van der Waals surface area contributed by atoms with E-state index in [1.807, 2.05) is 6.08 Å². The second-order valence-corrected chi connectivity index (χ2v) is 14.0. The van der Waals surface area contributed by atoms with E-state index in [1.165, 1.54) is 18.1 Å². The number of ether oxygens (including phenoxy) is 1. The fourth-order valence-corrected chi connectivity index (χ4v) is 8.75. The summed E-state index contributed by atoms with van der Waals surface area (Å²) in [6.07, 6.45) is 1.43. The first-order chi connectivity index (χ1) is 24.7. The lowest BCUT2D eigenvalue weighted by Gasteiger charge is -2.49. The molecule has 0 spiro atoms. The minimum Gasteiger partial charge on any atom is -0.504 e. The summed E-state index contributed by atoms with van der Waals surface area (Å²) >= 11 is 12.5. The van der Waals surface area contributed by atoms with E-state index in [1.54, 1.807) is 55.5 Å². The van der Waals surface area contributed by atoms with E-state index in [2.05, 4.69) is 10.4 Å². The first-order valence-corrected chi connectivity index (χ1v) is 17.2. The van der Waals surface area contributed by atoms with Crippen LogP contribution in [0.25, 0.3) is 6.08 Å². The van der Waals surface area contributed by atoms with Crippen molar-refractivity contribution in [3.05, 3.63) is 99.2 Å². The molecule has 3 aromatic rings. The highest BCUT2D eigenvalue weighted by molar-refractivity contribution is 6.33. The van der Waals surface area contributed by atoms with Gasteiger partial charge < -0.3 is 9.84 Å². The summed E-state index contributed by atoms with van der Waals surface area (Å²) in [5.41, 5.74) is 1.55. The van der Waals surface area contributed by atoms with Crippen molar-refractivity contribution < 1.29 is 42.2 Å². The average Bonchev–Trinajstić information content (AvgIpc) is 3.49. The van der Waals surface area contributed by atoms with Crippen LogP contribution >= 0.6 is 23.2 Å². The molecule has 4 aliphatic rings. The second-order valence-electron chi connectivity index (χ2n) is 13.2. The van der Waals surface area contributed by atoms with Gasteiger partial charge in [-0.05, 0) is 67.1 Å². The number of hydrogen-bond acceptors (Lipinski definition) is 8. The number of phenolic OH excluding ortho intramolecular Hbond substituents is 1. The summed E-state index contributed by atoms with van der Waals surface area (Å²) in [5.74, 6) is -6.32. The van der Waals surface area contributed by atoms with Crippen molar-refractivity contribution in [2.75, 3.05) is 19.1 Å². The van der Waals surface area contributed by atoms with Crippen molar-refractivity contribution in [1.29, 1.82) is 0 Å². The number of nitrogens with zero attached hydrogens (tertiary/aromatic N) is 3. The number of alkyl halides is 3. The quantitative estimate of drug-likeness (QED) is 0.202. The molecule has 1 aromatic heterocycles. The molecular weight excluding hydrogens is 724 g/mol. The number of carbonyl (C=O) groups excluding carboxylic acids is 4. The Morgan fingerprint density at radius 3 is 2.42 bits per heavy atom. The number of allylic oxidation sites excluding steroid dienone is 3. The Morgan fingerprint density at radius 2 is 1.77 bits per heavy atom. The van der Waals surface area contributed by atoms with Gasteiger partial charge in [0, 0.05) is 23.7 Å². The highest BCUT2D eigenvalue weighted by Gasteiger charge is 2.69. The molecule has 7 rings (SSSR count). The minimum absolute atomic E-state index is 0.0144. The molecule has 6 unspecified atom stereocenters. The van der Waals surface area contributed by atoms with E-state index >= 15 is 4.79 Å². The first-order valence-electron chi connectivity index (χ1n) is 16.5. The maximum absolute atomic E-state index is 15.1. The highest BCUT2D eigenvalue weighted by atomic mass is 35.5. The number of anilines is 1. The van der Waals surface area contributed by atoms with Crippen LogP contribution in [-0.4, -0.2) is 57.3 Å². The summed E-state index contributed by atoms with van der Waals surface area (Å²) in [6, 6.07) is 11.8. The molecule has 0 bridgehead atoms. The zero-order valence-corrected chi connectivity index (χ0v) is 29.2. The van der Waals surface area contributed by atoms with Gasteiger partial charge in [0.1, 0.15) is 0 Å². The van der Waals surface area contributed by atoms with Crippen LogP contribution < -0.4 is 10.2 Å². The van der Waals surface area contributed by atoms with Crippen LogP contribution in [-0.2, 0) is 30.8 Å². The fraction of sp³-hybridized carbons (Fsp3) is 0.324. The van der Waals surface area contributed by atoms with Gasteiger partial charge in [0.05, 0.1) is 40.9 Å². The van der Waals surface area contributed by atoms with Crippen molar-refractivity contribution in [2.45, 2.75) is 31.4 Å². The fourth-order valence-electron chi connectivity index (χ4n) is 8.41. The summed E-state index contributed by atoms with van der Waals surface area (Å²) in [4.78, 5) is 61.9. The van der Waals surface area contributed by atoms with E-state index in [9.17, 15) is 32.7 Å². The molecule has 270 valence electrons. The first kappa shape index (κ1) is 35.5. The highest BCUT2D eigenvalue weighted by Crippen LogP contribution is 2.61. The summed E-state index contributed by atoms with van der Waals surface area (Å²) in [7, 11) is 1.40. The number of carbonyl (C=O) groups is 4. The average molecular weight is 756 g/mol. The van der Waals surface area contributed by atoms with Crippen LogP contribution in [0.5, 0.6) is 11.5 Å². The lowest BCUT2D eigenvalue weighted by molar-refractivity contribution is -0.141. The van der Waals surface area contributed by atoms with E-state index in [0.29, 0.717) is 34.0 Å². The number of phenols is 1. The van der Waals surface area contributed by atoms with Crippen LogP contribution in [0.15, 0.2) is 72.5 Å². The number of rotatable bonds is 7. The topological polar surface area (TPSA) is 129 Å². The number of benzene rings is 2. The largest absolute Gasteiger partial charge is 0.504 e. The molecule has 6 atom stereocenters. The summed E-state index contributed by atoms with van der Waals surface area (Å²) in [5, 5.41) is 10.8. The molecule has 2 aliphatic heterocycles. The number of halogens is 5. The Hall–Kier alpha value is -4.88. The van der Waals surface area contributed by atoms with Gasteiger partial charge in [0.25, 0.3) is 11.8 Å². The smallest absolute Gasteiger partial charge is 0.417 e. The lowest BCUT2D eigenvalue weighted by Crippen LogP contribution is -2.54. The molecule has 4 amide bonds. The second kappa shape index (κ2) is 13.0. The van der Waals surface area contributed by atoms with Crippen molar-refractivity contribution in [1.82, 2.24) is 14.9 Å². The number of aromatic hydroxyl groups is 1. The van der Waals surface area contributed by atoms with Gasteiger partial charge in [-0.25, -0.2) is 4.98 Å². The van der Waals surface area contributed by atoms with Gasteiger partial charge >= 0.3 is 6.18 Å². The molecule has 10 nitrogen and oxygen atoms in total. The number of amides is 4. The lowest BCUT2D eigenvalue weighted by atomic mass is 9.50. The third-order valence-corrected chi connectivity index (χ3v) is 11.3. The zero-order valence-electron chi connectivity index (χ0n) is 27.7. The number of pyridine rings is 1. The molecule has 15 heteroatoms. The predicted molar refractivity (Wildman–Crippen MR) is 184 cm³/mol. The number of imide groups is 2. The SMILES string of the molecule is CCN1C(=O)C2CC=C3C(CC4C(=O)N(Nc5ncc(C(F)(F)F)cc5Cl)C(=O)C4(c4ccc(Cl)cc4)C3C=Cc3ccc(O)c(OC)c3)C2C1=O. The number of methoxy groups -OCH3 is 1. The Bertz CT molecular complexity index is 2070. The number of likely N-dealkylation sites (tertiary alicyclic amines) is 1. The Labute approximate surface area is 305 Å². The minimum atomic E-state index is -4.74. The molecule has 1 saturated carbocycles. The van der Waals surface area contributed by atoms with E-state index in [0.717, 1.165) is 5.01 Å². The number of nitrogens with one attached hydrogen (secondary N) is 1. The van der Waals surface area contributed by atoms with Gasteiger partial charge in [0.2, 0.25) is 11.8 Å². The van der Waals surface area contributed by atoms with Gasteiger partial charge in [0.15, 0.2) is 17.3 Å².